The van der Waals surface area contributed by atoms with Gasteiger partial charge in [0, 0.05) is 12.1 Å². The molecule has 2 heterocycles. The van der Waals surface area contributed by atoms with Crippen LogP contribution in [-0.2, 0) is 4.74 Å². The fourth-order valence-corrected chi connectivity index (χ4v) is 2.09. The molecule has 1 atom stereocenters. The molecule has 0 amide bonds. The van der Waals surface area contributed by atoms with Gasteiger partial charge in [-0.05, 0) is 12.1 Å². The Morgan fingerprint density at radius 2 is 2.16 bits per heavy atom. The van der Waals surface area contributed by atoms with Gasteiger partial charge in [0.1, 0.15) is 6.20 Å². The van der Waals surface area contributed by atoms with Crippen LogP contribution in [0.25, 0.3) is 5.76 Å². The zero-order chi connectivity index (χ0) is 13.1. The van der Waals surface area contributed by atoms with E-state index in [-0.39, 0.29) is 6.23 Å². The third kappa shape index (κ3) is 2.34. The molecule has 1 aliphatic rings. The van der Waals surface area contributed by atoms with Crippen molar-refractivity contribution in [1.29, 1.82) is 0 Å². The first-order valence-corrected chi connectivity index (χ1v) is 6.42. The summed E-state index contributed by atoms with van der Waals surface area (Å²) in [5.74, 6) is 1.22. The van der Waals surface area contributed by atoms with E-state index < -0.39 is 0 Å². The Hall–Kier alpha value is -2.23. The average Bonchev–Trinajstić information content (AvgIpc) is 3.08. The Kier molecular flexibility index (Phi) is 3.23. The number of para-hydroxylation sites is 1. The number of ether oxygens (including phenoxy) is 1. The molecule has 1 aromatic heterocycles. The number of benzene rings is 1. The minimum atomic E-state index is -0.0347. The van der Waals surface area contributed by atoms with E-state index in [0.717, 1.165) is 18.5 Å². The van der Waals surface area contributed by atoms with Crippen molar-refractivity contribution in [2.75, 3.05) is 4.90 Å². The van der Waals surface area contributed by atoms with Crippen LogP contribution in [0, 0.1) is 6.20 Å². The molecule has 0 saturated heterocycles. The van der Waals surface area contributed by atoms with E-state index in [1.807, 2.05) is 35.2 Å². The van der Waals surface area contributed by atoms with Crippen molar-refractivity contribution in [3.63, 3.8) is 0 Å². The highest BCUT2D eigenvalue weighted by Crippen LogP contribution is 2.32. The molecule has 1 aromatic carbocycles. The van der Waals surface area contributed by atoms with Crippen molar-refractivity contribution in [2.24, 2.45) is 0 Å². The summed E-state index contributed by atoms with van der Waals surface area (Å²) < 4.78 is 11.2. The van der Waals surface area contributed by atoms with Crippen LogP contribution in [0.3, 0.4) is 0 Å². The second-order valence-corrected chi connectivity index (χ2v) is 4.37. The number of nitrogens with zero attached hydrogens (tertiary/aromatic N) is 2. The first-order chi connectivity index (χ1) is 9.38. The molecule has 1 aliphatic heterocycles. The second-order valence-electron chi connectivity index (χ2n) is 4.37. The van der Waals surface area contributed by atoms with Gasteiger partial charge in [0.2, 0.25) is 0 Å². The molecular weight excluding hydrogens is 240 g/mol. The molecule has 0 N–H and O–H groups in total. The molecule has 3 rings (SSSR count). The molecular formula is C15H15N2O2. The number of hydrogen-bond acceptors (Lipinski definition) is 4. The lowest BCUT2D eigenvalue weighted by atomic mass is 10.2. The van der Waals surface area contributed by atoms with Crippen LogP contribution in [0.1, 0.15) is 25.5 Å². The van der Waals surface area contributed by atoms with Gasteiger partial charge in [-0.2, -0.15) is 0 Å². The maximum atomic E-state index is 5.91. The quantitative estimate of drug-likeness (QED) is 0.838. The monoisotopic (exact) mass is 255 g/mol. The zero-order valence-corrected chi connectivity index (χ0v) is 10.7. The van der Waals surface area contributed by atoms with Crippen LogP contribution >= 0.6 is 0 Å². The van der Waals surface area contributed by atoms with Crippen LogP contribution in [-0.4, -0.2) is 11.2 Å². The van der Waals surface area contributed by atoms with Crippen molar-refractivity contribution in [2.45, 2.75) is 26.0 Å². The molecule has 0 aliphatic carbocycles. The summed E-state index contributed by atoms with van der Waals surface area (Å²) in [4.78, 5) is 5.92. The van der Waals surface area contributed by atoms with Gasteiger partial charge in [-0.1, -0.05) is 31.5 Å². The normalized spacial score (nSPS) is 18.3. The minimum absolute atomic E-state index is 0.0347. The Balaban J connectivity index is 1.90. The van der Waals surface area contributed by atoms with Crippen molar-refractivity contribution < 1.29 is 9.15 Å². The molecule has 0 fully saturated rings. The highest BCUT2D eigenvalue weighted by Gasteiger charge is 2.29. The van der Waals surface area contributed by atoms with E-state index in [1.54, 1.807) is 6.20 Å². The summed E-state index contributed by atoms with van der Waals surface area (Å²) in [5.41, 5.74) is 1.07. The highest BCUT2D eigenvalue weighted by molar-refractivity contribution is 5.61. The summed E-state index contributed by atoms with van der Waals surface area (Å²) in [5, 5.41) is 0. The fourth-order valence-electron chi connectivity index (χ4n) is 2.09. The van der Waals surface area contributed by atoms with E-state index >= 15 is 0 Å². The van der Waals surface area contributed by atoms with E-state index in [2.05, 4.69) is 18.1 Å². The molecule has 0 spiro atoms. The maximum Gasteiger partial charge on any atom is 0.192 e. The van der Waals surface area contributed by atoms with E-state index in [4.69, 9.17) is 9.15 Å². The summed E-state index contributed by atoms with van der Waals surface area (Å²) in [7, 11) is 0. The Labute approximate surface area is 112 Å². The van der Waals surface area contributed by atoms with Crippen LogP contribution in [0.5, 0.6) is 0 Å². The summed E-state index contributed by atoms with van der Waals surface area (Å²) >= 11 is 0. The Morgan fingerprint density at radius 3 is 2.84 bits per heavy atom. The van der Waals surface area contributed by atoms with Gasteiger partial charge in [-0.25, -0.2) is 4.98 Å². The van der Waals surface area contributed by atoms with Gasteiger partial charge in [-0.15, -0.1) is 0 Å². The average molecular weight is 255 g/mol. The number of hydrogen-bond donors (Lipinski definition) is 0. The van der Waals surface area contributed by atoms with Crippen molar-refractivity contribution in [3.05, 3.63) is 54.9 Å². The molecule has 0 bridgehead atoms. The van der Waals surface area contributed by atoms with Gasteiger partial charge < -0.3 is 14.1 Å². The molecule has 97 valence electrons. The van der Waals surface area contributed by atoms with Gasteiger partial charge >= 0.3 is 0 Å². The van der Waals surface area contributed by atoms with Gasteiger partial charge in [-0.3, -0.25) is 0 Å². The van der Waals surface area contributed by atoms with Crippen LogP contribution in [0.4, 0.5) is 5.69 Å². The molecule has 2 aromatic rings. The molecule has 4 nitrogen and oxygen atoms in total. The van der Waals surface area contributed by atoms with Gasteiger partial charge in [0.05, 0.1) is 6.20 Å². The lowest BCUT2D eigenvalue weighted by Gasteiger charge is -2.23. The van der Waals surface area contributed by atoms with Crippen molar-refractivity contribution in [1.82, 2.24) is 4.98 Å². The SMILES string of the molecule is CCCC1OC(c2cnco2)=[C]N1c1ccccc1. The van der Waals surface area contributed by atoms with Crippen molar-refractivity contribution >= 4 is 11.4 Å². The summed E-state index contributed by atoms with van der Waals surface area (Å²) in [6.45, 7) is 2.14. The van der Waals surface area contributed by atoms with E-state index in [0.29, 0.717) is 11.5 Å². The Bertz CT molecular complexity index is 549. The van der Waals surface area contributed by atoms with E-state index in [9.17, 15) is 0 Å². The van der Waals surface area contributed by atoms with Crippen LogP contribution in [0.15, 0.2) is 47.3 Å². The largest absolute Gasteiger partial charge is 0.464 e. The third-order valence-corrected chi connectivity index (χ3v) is 2.99. The summed E-state index contributed by atoms with van der Waals surface area (Å²) in [6.07, 6.45) is 8.21. The molecule has 19 heavy (non-hydrogen) atoms. The smallest absolute Gasteiger partial charge is 0.192 e. The molecule has 1 unspecified atom stereocenters. The first-order valence-electron chi connectivity index (χ1n) is 6.42. The molecule has 1 radical (unpaired) electrons. The van der Waals surface area contributed by atoms with Gasteiger partial charge in [0.15, 0.2) is 24.1 Å². The first kappa shape index (κ1) is 11.8. The lowest BCUT2D eigenvalue weighted by molar-refractivity contribution is 0.176. The summed E-state index contributed by atoms with van der Waals surface area (Å²) in [6, 6.07) is 10.1. The molecule has 0 saturated carbocycles. The number of anilines is 1. The fraction of sp³-hybridized carbons (Fsp3) is 0.267. The van der Waals surface area contributed by atoms with Gasteiger partial charge in [0.25, 0.3) is 0 Å². The predicted molar refractivity (Wildman–Crippen MR) is 71.9 cm³/mol. The lowest BCUT2D eigenvalue weighted by Crippen LogP contribution is -2.27. The number of oxazole rings is 1. The number of rotatable bonds is 4. The van der Waals surface area contributed by atoms with Crippen molar-refractivity contribution in [3.8, 4) is 0 Å². The third-order valence-electron chi connectivity index (χ3n) is 2.99. The van der Waals surface area contributed by atoms with E-state index in [1.165, 1.54) is 6.39 Å². The Morgan fingerprint density at radius 1 is 1.32 bits per heavy atom. The topological polar surface area (TPSA) is 38.5 Å². The minimum Gasteiger partial charge on any atom is -0.464 e. The standard InChI is InChI=1S/C15H15N2O2/c1-2-6-15-17(12-7-4-3-5-8-12)10-14(19-15)13-9-16-11-18-13/h3-5,7-9,11,15H,2,6H2,1H3. The highest BCUT2D eigenvalue weighted by atomic mass is 16.5. The maximum absolute atomic E-state index is 5.91. The zero-order valence-electron chi connectivity index (χ0n) is 10.7. The predicted octanol–water partition coefficient (Wildman–Crippen LogP) is 3.44. The number of aromatic nitrogens is 1. The van der Waals surface area contributed by atoms with Crippen LogP contribution < -0.4 is 4.90 Å². The molecule has 4 heteroatoms. The second kappa shape index (κ2) is 5.18. The van der Waals surface area contributed by atoms with Crippen LogP contribution in [0.2, 0.25) is 0 Å².